The molecule has 0 atom stereocenters. The van der Waals surface area contributed by atoms with Crippen LogP contribution >= 0.6 is 11.6 Å². The van der Waals surface area contributed by atoms with Crippen molar-refractivity contribution in [2.75, 3.05) is 0 Å². The van der Waals surface area contributed by atoms with Crippen LogP contribution in [0.5, 0.6) is 0 Å². The molecule has 5 heteroatoms. The highest BCUT2D eigenvalue weighted by molar-refractivity contribution is 6.30. The standard InChI is InChI=1S/C14H16ClN3O/c1-10(2)8-18-14(13(9-19)16-17-18)7-11-3-5-12(15)6-4-11/h3-6,19H,1,7-9H2,2H3. The first kappa shape index (κ1) is 13.8. The summed E-state index contributed by atoms with van der Waals surface area (Å²) in [6.07, 6.45) is 0.660. The van der Waals surface area contributed by atoms with Gasteiger partial charge in [0.25, 0.3) is 0 Å². The van der Waals surface area contributed by atoms with Crippen LogP contribution in [-0.4, -0.2) is 20.1 Å². The van der Waals surface area contributed by atoms with Gasteiger partial charge in [-0.2, -0.15) is 0 Å². The van der Waals surface area contributed by atoms with Gasteiger partial charge in [0.1, 0.15) is 5.69 Å². The molecule has 0 spiro atoms. The van der Waals surface area contributed by atoms with Gasteiger partial charge in [0.2, 0.25) is 0 Å². The van der Waals surface area contributed by atoms with Gasteiger partial charge < -0.3 is 5.11 Å². The monoisotopic (exact) mass is 277 g/mol. The number of aliphatic hydroxyl groups is 1. The number of halogens is 1. The van der Waals surface area contributed by atoms with E-state index in [1.54, 1.807) is 4.68 Å². The van der Waals surface area contributed by atoms with E-state index in [9.17, 15) is 5.11 Å². The van der Waals surface area contributed by atoms with E-state index in [1.165, 1.54) is 0 Å². The normalized spacial score (nSPS) is 10.7. The topological polar surface area (TPSA) is 50.9 Å². The van der Waals surface area contributed by atoms with Gasteiger partial charge in [0, 0.05) is 11.4 Å². The van der Waals surface area contributed by atoms with E-state index < -0.39 is 0 Å². The van der Waals surface area contributed by atoms with Crippen LogP contribution in [0.3, 0.4) is 0 Å². The highest BCUT2D eigenvalue weighted by Gasteiger charge is 2.12. The van der Waals surface area contributed by atoms with Gasteiger partial charge >= 0.3 is 0 Å². The molecule has 19 heavy (non-hydrogen) atoms. The Morgan fingerprint density at radius 2 is 2.05 bits per heavy atom. The van der Waals surface area contributed by atoms with E-state index in [4.69, 9.17) is 11.6 Å². The van der Waals surface area contributed by atoms with E-state index in [-0.39, 0.29) is 6.61 Å². The van der Waals surface area contributed by atoms with Gasteiger partial charge in [-0.3, -0.25) is 0 Å². The molecule has 1 N–H and O–H groups in total. The van der Waals surface area contributed by atoms with Crippen molar-refractivity contribution in [2.45, 2.75) is 26.5 Å². The van der Waals surface area contributed by atoms with Gasteiger partial charge in [0.15, 0.2) is 0 Å². The Morgan fingerprint density at radius 3 is 2.63 bits per heavy atom. The molecular formula is C14H16ClN3O. The summed E-state index contributed by atoms with van der Waals surface area (Å²) in [5.41, 5.74) is 3.61. The molecule has 0 radical (unpaired) electrons. The molecule has 0 aliphatic carbocycles. The summed E-state index contributed by atoms with van der Waals surface area (Å²) in [6, 6.07) is 7.62. The number of hydrogen-bond acceptors (Lipinski definition) is 3. The highest BCUT2D eigenvalue weighted by atomic mass is 35.5. The molecule has 1 heterocycles. The maximum Gasteiger partial charge on any atom is 0.112 e. The van der Waals surface area contributed by atoms with Gasteiger partial charge in [0.05, 0.1) is 18.8 Å². The maximum absolute atomic E-state index is 9.33. The average Bonchev–Trinajstić information content (AvgIpc) is 2.74. The second-order valence-electron chi connectivity index (χ2n) is 4.56. The van der Waals surface area contributed by atoms with E-state index in [0.717, 1.165) is 16.8 Å². The van der Waals surface area contributed by atoms with Crippen LogP contribution in [0, 0.1) is 0 Å². The average molecular weight is 278 g/mol. The van der Waals surface area contributed by atoms with Crippen LogP contribution in [0.1, 0.15) is 23.9 Å². The fraction of sp³-hybridized carbons (Fsp3) is 0.286. The Bertz CT molecular complexity index is 575. The second-order valence-corrected chi connectivity index (χ2v) is 5.00. The number of aromatic nitrogens is 3. The first-order chi connectivity index (χ1) is 9.10. The Labute approximate surface area is 117 Å². The lowest BCUT2D eigenvalue weighted by Gasteiger charge is -2.07. The van der Waals surface area contributed by atoms with Crippen molar-refractivity contribution in [1.82, 2.24) is 15.0 Å². The number of hydrogen-bond donors (Lipinski definition) is 1. The minimum atomic E-state index is -0.112. The lowest BCUT2D eigenvalue weighted by molar-refractivity contribution is 0.275. The molecule has 100 valence electrons. The second kappa shape index (κ2) is 5.99. The van der Waals surface area contributed by atoms with Crippen LogP contribution in [0.15, 0.2) is 36.4 Å². The van der Waals surface area contributed by atoms with Crippen LogP contribution in [0.25, 0.3) is 0 Å². The molecule has 0 fully saturated rings. The van der Waals surface area contributed by atoms with Crippen LogP contribution in [-0.2, 0) is 19.6 Å². The zero-order valence-corrected chi connectivity index (χ0v) is 11.6. The van der Waals surface area contributed by atoms with Crippen molar-refractivity contribution in [3.8, 4) is 0 Å². The first-order valence-electron chi connectivity index (χ1n) is 6.01. The third-order valence-corrected chi connectivity index (χ3v) is 3.02. The molecule has 0 saturated carbocycles. The van der Waals surface area contributed by atoms with Crippen LogP contribution in [0.2, 0.25) is 5.02 Å². The van der Waals surface area contributed by atoms with Crippen molar-refractivity contribution in [3.63, 3.8) is 0 Å². The summed E-state index contributed by atoms with van der Waals surface area (Å²) in [7, 11) is 0. The first-order valence-corrected chi connectivity index (χ1v) is 6.39. The van der Waals surface area contributed by atoms with Gasteiger partial charge in [-0.1, -0.05) is 41.1 Å². The molecule has 1 aromatic carbocycles. The fourth-order valence-electron chi connectivity index (χ4n) is 1.86. The quantitative estimate of drug-likeness (QED) is 0.855. The number of allylic oxidation sites excluding steroid dienone is 1. The van der Waals surface area contributed by atoms with Crippen molar-refractivity contribution in [2.24, 2.45) is 0 Å². The zero-order chi connectivity index (χ0) is 13.8. The van der Waals surface area contributed by atoms with Crippen molar-refractivity contribution < 1.29 is 5.11 Å². The molecule has 0 aliphatic rings. The number of aliphatic hydroxyl groups excluding tert-OH is 1. The van der Waals surface area contributed by atoms with Gasteiger partial charge in [-0.05, 0) is 24.6 Å². The molecular weight excluding hydrogens is 262 g/mol. The smallest absolute Gasteiger partial charge is 0.112 e. The van der Waals surface area contributed by atoms with E-state index in [2.05, 4.69) is 16.9 Å². The summed E-state index contributed by atoms with van der Waals surface area (Å²) < 4.78 is 1.78. The molecule has 0 unspecified atom stereocenters. The molecule has 1 aromatic heterocycles. The Balaban J connectivity index is 2.29. The Hall–Kier alpha value is -1.65. The Kier molecular flexibility index (Phi) is 4.35. The minimum Gasteiger partial charge on any atom is -0.390 e. The number of nitrogens with zero attached hydrogens (tertiary/aromatic N) is 3. The largest absolute Gasteiger partial charge is 0.390 e. The summed E-state index contributed by atoms with van der Waals surface area (Å²) in [5.74, 6) is 0. The predicted molar refractivity (Wildman–Crippen MR) is 75.0 cm³/mol. The predicted octanol–water partition coefficient (Wildman–Crippen LogP) is 2.59. The molecule has 2 aromatic rings. The van der Waals surface area contributed by atoms with Gasteiger partial charge in [-0.15, -0.1) is 5.10 Å². The van der Waals surface area contributed by atoms with Crippen molar-refractivity contribution in [1.29, 1.82) is 0 Å². The number of rotatable bonds is 5. The van der Waals surface area contributed by atoms with Crippen molar-refractivity contribution >= 4 is 11.6 Å². The summed E-state index contributed by atoms with van der Waals surface area (Å²) >= 11 is 5.87. The van der Waals surface area contributed by atoms with E-state index in [1.807, 2.05) is 31.2 Å². The maximum atomic E-state index is 9.33. The van der Waals surface area contributed by atoms with E-state index in [0.29, 0.717) is 23.7 Å². The summed E-state index contributed by atoms with van der Waals surface area (Å²) in [4.78, 5) is 0. The molecule has 0 aliphatic heterocycles. The lowest BCUT2D eigenvalue weighted by Crippen LogP contribution is -2.07. The number of benzene rings is 1. The molecule has 0 saturated heterocycles. The van der Waals surface area contributed by atoms with Crippen molar-refractivity contribution in [3.05, 3.63) is 58.4 Å². The summed E-state index contributed by atoms with van der Waals surface area (Å²) in [6.45, 7) is 6.31. The van der Waals surface area contributed by atoms with Crippen LogP contribution < -0.4 is 0 Å². The SMILES string of the molecule is C=C(C)Cn1nnc(CO)c1Cc1ccc(Cl)cc1. The fourth-order valence-corrected chi connectivity index (χ4v) is 1.99. The highest BCUT2D eigenvalue weighted by Crippen LogP contribution is 2.16. The molecule has 0 bridgehead atoms. The molecule has 2 rings (SSSR count). The zero-order valence-electron chi connectivity index (χ0n) is 10.8. The Morgan fingerprint density at radius 1 is 1.37 bits per heavy atom. The third kappa shape index (κ3) is 3.43. The lowest BCUT2D eigenvalue weighted by atomic mass is 10.1. The third-order valence-electron chi connectivity index (χ3n) is 2.77. The molecule has 0 amide bonds. The van der Waals surface area contributed by atoms with E-state index >= 15 is 0 Å². The van der Waals surface area contributed by atoms with Gasteiger partial charge in [-0.25, -0.2) is 4.68 Å². The minimum absolute atomic E-state index is 0.112. The van der Waals surface area contributed by atoms with Crippen LogP contribution in [0.4, 0.5) is 0 Å². The summed E-state index contributed by atoms with van der Waals surface area (Å²) in [5, 5.41) is 18.1. The molecule has 4 nitrogen and oxygen atoms in total.